The molecule has 166 valence electrons. The molecule has 1 aromatic heterocycles. The van der Waals surface area contributed by atoms with Crippen LogP contribution >= 0.6 is 0 Å². The zero-order chi connectivity index (χ0) is 22.4. The third-order valence-corrected chi connectivity index (χ3v) is 5.08. The van der Waals surface area contributed by atoms with Crippen molar-refractivity contribution in [3.05, 3.63) is 63.2 Å². The highest BCUT2D eigenvalue weighted by Gasteiger charge is 2.29. The van der Waals surface area contributed by atoms with Gasteiger partial charge in [-0.1, -0.05) is 12.1 Å². The van der Waals surface area contributed by atoms with Gasteiger partial charge in [0.25, 0.3) is 0 Å². The number of carbonyl (C=O) groups is 2. The normalized spacial score (nSPS) is 14.8. The van der Waals surface area contributed by atoms with Crippen LogP contribution in [0.15, 0.2) is 39.5 Å². The van der Waals surface area contributed by atoms with E-state index in [4.69, 9.17) is 18.6 Å². The van der Waals surface area contributed by atoms with Crippen molar-refractivity contribution in [3.8, 4) is 5.75 Å². The molecule has 2 aromatic rings. The zero-order valence-corrected chi connectivity index (χ0v) is 17.5. The lowest BCUT2D eigenvalue weighted by molar-refractivity contribution is -0.135. The average molecular weight is 431 g/mol. The first-order valence-electron chi connectivity index (χ1n) is 9.83. The van der Waals surface area contributed by atoms with Crippen LogP contribution < -0.4 is 5.43 Å². The molecule has 0 saturated carbocycles. The largest absolute Gasteiger partial charge is 0.502 e. The highest BCUT2D eigenvalue weighted by Crippen LogP contribution is 2.34. The van der Waals surface area contributed by atoms with Gasteiger partial charge in [-0.25, -0.2) is 4.79 Å². The van der Waals surface area contributed by atoms with Crippen molar-refractivity contribution in [2.45, 2.75) is 18.9 Å². The topological polar surface area (TPSA) is 116 Å². The summed E-state index contributed by atoms with van der Waals surface area (Å²) in [6, 6.07) is 7.56. The van der Waals surface area contributed by atoms with E-state index in [1.807, 2.05) is 0 Å². The number of benzene rings is 1. The molecule has 9 nitrogen and oxygen atoms in total. The number of methoxy groups -OCH3 is 2. The monoisotopic (exact) mass is 431 g/mol. The second-order valence-corrected chi connectivity index (χ2v) is 7.09. The molecule has 1 unspecified atom stereocenters. The Morgan fingerprint density at radius 1 is 1.16 bits per heavy atom. The zero-order valence-electron chi connectivity index (χ0n) is 17.5. The lowest BCUT2D eigenvalue weighted by Crippen LogP contribution is -2.41. The van der Waals surface area contributed by atoms with Crippen molar-refractivity contribution < 1.29 is 33.3 Å². The molecule has 1 aliphatic rings. The van der Waals surface area contributed by atoms with E-state index in [0.29, 0.717) is 37.4 Å². The van der Waals surface area contributed by atoms with Gasteiger partial charge in [-0.2, -0.15) is 0 Å². The third-order valence-electron chi connectivity index (χ3n) is 5.08. The number of nitrogens with zero attached hydrogens (tertiary/aromatic N) is 1. The minimum absolute atomic E-state index is 0.0213. The summed E-state index contributed by atoms with van der Waals surface area (Å²) in [6.07, 6.45) is -0.0372. The highest BCUT2D eigenvalue weighted by molar-refractivity contribution is 5.89. The molecule has 0 aliphatic carbocycles. The van der Waals surface area contributed by atoms with Gasteiger partial charge < -0.3 is 28.6 Å². The number of morpholine rings is 1. The molecule has 1 aliphatic heterocycles. The maximum atomic E-state index is 13.0. The SMILES string of the molecule is COCc1cc(=O)c(O)c(C(CC(=O)N2CCOCC2)c2ccc(C(=O)OC)cc2)o1. The molecule has 0 bridgehead atoms. The number of hydrogen-bond donors (Lipinski definition) is 1. The molecular formula is C22H25NO8. The Labute approximate surface area is 179 Å². The first-order chi connectivity index (χ1) is 14.9. The molecule has 1 amide bonds. The molecule has 31 heavy (non-hydrogen) atoms. The van der Waals surface area contributed by atoms with E-state index in [2.05, 4.69) is 0 Å². The van der Waals surface area contributed by atoms with Crippen LogP contribution in [0.2, 0.25) is 0 Å². The number of aromatic hydroxyl groups is 1. The molecule has 0 spiro atoms. The van der Waals surface area contributed by atoms with Gasteiger partial charge >= 0.3 is 5.97 Å². The van der Waals surface area contributed by atoms with E-state index < -0.39 is 23.1 Å². The van der Waals surface area contributed by atoms with E-state index in [1.165, 1.54) is 14.2 Å². The van der Waals surface area contributed by atoms with Crippen molar-refractivity contribution >= 4 is 11.9 Å². The fourth-order valence-electron chi connectivity index (χ4n) is 3.45. The maximum absolute atomic E-state index is 13.0. The summed E-state index contributed by atoms with van der Waals surface area (Å²) >= 11 is 0. The van der Waals surface area contributed by atoms with E-state index in [9.17, 15) is 19.5 Å². The third kappa shape index (κ3) is 5.31. The van der Waals surface area contributed by atoms with E-state index in [1.54, 1.807) is 29.2 Å². The minimum Gasteiger partial charge on any atom is -0.502 e. The lowest BCUT2D eigenvalue weighted by atomic mass is 9.91. The van der Waals surface area contributed by atoms with Crippen LogP contribution in [0.3, 0.4) is 0 Å². The molecule has 1 fully saturated rings. The fourth-order valence-corrected chi connectivity index (χ4v) is 3.45. The van der Waals surface area contributed by atoms with Crippen LogP contribution in [-0.4, -0.2) is 62.4 Å². The van der Waals surface area contributed by atoms with Gasteiger partial charge in [0.05, 0.1) is 31.8 Å². The number of carbonyl (C=O) groups excluding carboxylic acids is 2. The molecular weight excluding hydrogens is 406 g/mol. The van der Waals surface area contributed by atoms with Gasteiger partial charge in [0, 0.05) is 32.7 Å². The second-order valence-electron chi connectivity index (χ2n) is 7.09. The summed E-state index contributed by atoms with van der Waals surface area (Å²) in [4.78, 5) is 38.7. The van der Waals surface area contributed by atoms with Gasteiger partial charge in [0.15, 0.2) is 5.76 Å². The van der Waals surface area contributed by atoms with Gasteiger partial charge in [-0.05, 0) is 17.7 Å². The maximum Gasteiger partial charge on any atom is 0.337 e. The van der Waals surface area contributed by atoms with Gasteiger partial charge in [0.1, 0.15) is 12.4 Å². The summed E-state index contributed by atoms with van der Waals surface area (Å²) in [6.45, 7) is 1.87. The molecule has 0 radical (unpaired) electrons. The van der Waals surface area contributed by atoms with E-state index in [-0.39, 0.29) is 30.5 Å². The summed E-state index contributed by atoms with van der Waals surface area (Å²) in [7, 11) is 2.74. The highest BCUT2D eigenvalue weighted by atomic mass is 16.5. The van der Waals surface area contributed by atoms with Crippen molar-refractivity contribution in [2.24, 2.45) is 0 Å². The predicted octanol–water partition coefficient (Wildman–Crippen LogP) is 1.66. The van der Waals surface area contributed by atoms with Crippen molar-refractivity contribution in [1.82, 2.24) is 4.90 Å². The Morgan fingerprint density at radius 3 is 2.45 bits per heavy atom. The Balaban J connectivity index is 2.01. The first-order valence-corrected chi connectivity index (χ1v) is 9.83. The van der Waals surface area contributed by atoms with Crippen molar-refractivity contribution in [3.63, 3.8) is 0 Å². The van der Waals surface area contributed by atoms with Gasteiger partial charge in [-0.15, -0.1) is 0 Å². The van der Waals surface area contributed by atoms with Crippen LogP contribution in [0.1, 0.15) is 39.8 Å². The second kappa shape index (κ2) is 10.2. The summed E-state index contributed by atoms with van der Waals surface area (Å²) in [5, 5.41) is 10.5. The number of ether oxygens (including phenoxy) is 3. The number of amides is 1. The minimum atomic E-state index is -0.744. The molecule has 1 atom stereocenters. The number of esters is 1. The van der Waals surface area contributed by atoms with Crippen LogP contribution in [0.5, 0.6) is 5.75 Å². The predicted molar refractivity (Wildman–Crippen MR) is 109 cm³/mol. The Bertz CT molecular complexity index is 976. The molecule has 9 heteroatoms. The van der Waals surface area contributed by atoms with E-state index >= 15 is 0 Å². The van der Waals surface area contributed by atoms with Crippen LogP contribution in [-0.2, 0) is 25.6 Å². The summed E-state index contributed by atoms with van der Waals surface area (Å²) < 4.78 is 20.8. The lowest BCUT2D eigenvalue weighted by Gasteiger charge is -2.28. The Morgan fingerprint density at radius 2 is 1.84 bits per heavy atom. The molecule has 3 rings (SSSR count). The van der Waals surface area contributed by atoms with Crippen LogP contribution in [0, 0.1) is 0 Å². The smallest absolute Gasteiger partial charge is 0.337 e. The molecule has 2 heterocycles. The molecule has 1 aromatic carbocycles. The summed E-state index contributed by atoms with van der Waals surface area (Å²) in [5.74, 6) is -1.75. The van der Waals surface area contributed by atoms with Gasteiger partial charge in [0.2, 0.25) is 17.1 Å². The first kappa shape index (κ1) is 22.5. The quantitative estimate of drug-likeness (QED) is 0.658. The summed E-state index contributed by atoms with van der Waals surface area (Å²) in [5.41, 5.74) is 0.314. The van der Waals surface area contributed by atoms with Gasteiger partial charge in [-0.3, -0.25) is 9.59 Å². The average Bonchev–Trinajstić information content (AvgIpc) is 2.80. The van der Waals surface area contributed by atoms with Crippen LogP contribution in [0.25, 0.3) is 0 Å². The standard InChI is InChI=1S/C22H25NO8/c1-28-13-16-11-18(24)20(26)21(31-16)17(12-19(25)23-7-9-30-10-8-23)14-3-5-15(6-4-14)22(27)29-2/h3-6,11,17,26H,7-10,12-13H2,1-2H3. The van der Waals surface area contributed by atoms with Crippen molar-refractivity contribution in [1.29, 1.82) is 0 Å². The van der Waals surface area contributed by atoms with E-state index in [0.717, 1.165) is 6.07 Å². The fraction of sp³-hybridized carbons (Fsp3) is 0.409. The Kier molecular flexibility index (Phi) is 7.43. The molecule has 1 saturated heterocycles. The Hall–Kier alpha value is -3.17. The van der Waals surface area contributed by atoms with Crippen molar-refractivity contribution in [2.75, 3.05) is 40.5 Å². The number of rotatable bonds is 7. The molecule has 1 N–H and O–H groups in total. The van der Waals surface area contributed by atoms with Crippen LogP contribution in [0.4, 0.5) is 0 Å². The number of hydrogen-bond acceptors (Lipinski definition) is 8.